The second-order valence-electron chi connectivity index (χ2n) is 6.36. The number of aryl methyl sites for hydroxylation is 1. The van der Waals surface area contributed by atoms with Crippen LogP contribution in [0.2, 0.25) is 0 Å². The number of rotatable bonds is 3. The molecule has 4 rings (SSSR count). The van der Waals surface area contributed by atoms with E-state index in [9.17, 15) is 9.18 Å². The van der Waals surface area contributed by atoms with Crippen molar-refractivity contribution in [3.8, 4) is 5.75 Å². The Morgan fingerprint density at radius 3 is 3.21 bits per heavy atom. The van der Waals surface area contributed by atoms with Gasteiger partial charge in [0.2, 0.25) is 0 Å². The molecular formula is C18H19FN2O3. The molecule has 0 radical (unpaired) electrons. The number of nitrogens with zero attached hydrogens (tertiary/aromatic N) is 2. The van der Waals surface area contributed by atoms with E-state index in [1.165, 1.54) is 12.1 Å². The van der Waals surface area contributed by atoms with Crippen molar-refractivity contribution in [1.82, 2.24) is 9.55 Å². The van der Waals surface area contributed by atoms with E-state index in [0.29, 0.717) is 17.9 Å². The molecule has 5 nitrogen and oxygen atoms in total. The quantitative estimate of drug-likeness (QED) is 0.812. The zero-order valence-corrected chi connectivity index (χ0v) is 13.5. The van der Waals surface area contributed by atoms with Crippen LogP contribution in [0.25, 0.3) is 0 Å². The number of carbonyl (C=O) groups is 1. The molecule has 0 saturated heterocycles. The molecule has 0 amide bonds. The molecule has 1 aromatic carbocycles. The summed E-state index contributed by atoms with van der Waals surface area (Å²) < 4.78 is 26.5. The number of halogens is 1. The summed E-state index contributed by atoms with van der Waals surface area (Å²) in [7, 11) is 0. The molecule has 1 unspecified atom stereocenters. The Kier molecular flexibility index (Phi) is 3.75. The molecule has 6 heteroatoms. The average molecular weight is 330 g/mol. The minimum Gasteiger partial charge on any atom is -0.486 e. The predicted octanol–water partition coefficient (Wildman–Crippen LogP) is 2.83. The van der Waals surface area contributed by atoms with Crippen molar-refractivity contribution in [3.63, 3.8) is 0 Å². The number of ether oxygens (including phenoxy) is 2. The Bertz CT molecular complexity index is 800. The second kappa shape index (κ2) is 5.92. The van der Waals surface area contributed by atoms with Crippen molar-refractivity contribution in [2.45, 2.75) is 45.3 Å². The van der Waals surface area contributed by atoms with Crippen LogP contribution in [0.3, 0.4) is 0 Å². The van der Waals surface area contributed by atoms with Gasteiger partial charge in [0.1, 0.15) is 30.1 Å². The fourth-order valence-corrected chi connectivity index (χ4v) is 3.50. The first-order valence-corrected chi connectivity index (χ1v) is 8.30. The van der Waals surface area contributed by atoms with Crippen LogP contribution in [0.5, 0.6) is 5.75 Å². The van der Waals surface area contributed by atoms with Crippen LogP contribution in [0.15, 0.2) is 18.2 Å². The Balaban J connectivity index is 1.41. The lowest BCUT2D eigenvalue weighted by Crippen LogP contribution is -2.24. The van der Waals surface area contributed by atoms with E-state index in [4.69, 9.17) is 9.47 Å². The van der Waals surface area contributed by atoms with Gasteiger partial charge in [0.05, 0.1) is 5.69 Å². The van der Waals surface area contributed by atoms with Crippen molar-refractivity contribution in [3.05, 3.63) is 46.8 Å². The maximum Gasteiger partial charge on any atom is 0.358 e. The summed E-state index contributed by atoms with van der Waals surface area (Å²) in [4.78, 5) is 16.8. The van der Waals surface area contributed by atoms with Crippen LogP contribution < -0.4 is 4.74 Å². The topological polar surface area (TPSA) is 53.4 Å². The van der Waals surface area contributed by atoms with Crippen LogP contribution in [0.1, 0.15) is 40.4 Å². The van der Waals surface area contributed by atoms with Gasteiger partial charge in [-0.1, -0.05) is 0 Å². The maximum absolute atomic E-state index is 13.2. The lowest BCUT2D eigenvalue weighted by Gasteiger charge is -2.16. The molecule has 1 aromatic heterocycles. The number of hydrogen-bond donors (Lipinski definition) is 0. The van der Waals surface area contributed by atoms with E-state index in [-0.39, 0.29) is 18.5 Å². The normalized spacial score (nSPS) is 18.7. The van der Waals surface area contributed by atoms with Crippen LogP contribution in [0, 0.1) is 12.7 Å². The number of hydrogen-bond acceptors (Lipinski definition) is 4. The molecule has 3 heterocycles. The Hall–Kier alpha value is -2.37. The molecule has 0 fully saturated rings. The van der Waals surface area contributed by atoms with Gasteiger partial charge in [0, 0.05) is 18.5 Å². The molecule has 2 aliphatic heterocycles. The number of imidazole rings is 1. The first kappa shape index (κ1) is 15.2. The number of fused-ring (bicyclic) bond motifs is 2. The van der Waals surface area contributed by atoms with E-state index in [1.807, 2.05) is 6.92 Å². The lowest BCUT2D eigenvalue weighted by atomic mass is 10.1. The van der Waals surface area contributed by atoms with Crippen LogP contribution >= 0.6 is 0 Å². The van der Waals surface area contributed by atoms with Crippen LogP contribution in [0.4, 0.5) is 4.39 Å². The largest absolute Gasteiger partial charge is 0.486 e. The van der Waals surface area contributed by atoms with Crippen molar-refractivity contribution in [2.24, 2.45) is 0 Å². The fourth-order valence-electron chi connectivity index (χ4n) is 3.50. The highest BCUT2D eigenvalue weighted by molar-refractivity contribution is 5.88. The molecule has 1 atom stereocenters. The monoisotopic (exact) mass is 330 g/mol. The first-order chi connectivity index (χ1) is 11.6. The van der Waals surface area contributed by atoms with Crippen molar-refractivity contribution in [2.75, 3.05) is 6.61 Å². The summed E-state index contributed by atoms with van der Waals surface area (Å²) in [6, 6.07) is 4.45. The number of carbonyl (C=O) groups excluding carboxylic acids is 1. The summed E-state index contributed by atoms with van der Waals surface area (Å²) >= 11 is 0. The summed E-state index contributed by atoms with van der Waals surface area (Å²) in [6.07, 6.45) is 3.31. The standard InChI is InChI=1S/C18H19FN2O3/c1-11-20-17(15-4-2-3-7-21(11)15)18(22)23-10-14-9-12-8-13(19)5-6-16(12)24-14/h5-6,8,14H,2-4,7,9-10H2,1H3. The average Bonchev–Trinajstić information content (AvgIpc) is 3.13. The minimum atomic E-state index is -0.403. The van der Waals surface area contributed by atoms with E-state index in [0.717, 1.165) is 42.9 Å². The minimum absolute atomic E-state index is 0.139. The van der Waals surface area contributed by atoms with E-state index in [1.54, 1.807) is 6.07 Å². The molecule has 0 bridgehead atoms. The third kappa shape index (κ3) is 2.66. The zero-order chi connectivity index (χ0) is 16.7. The van der Waals surface area contributed by atoms with Gasteiger partial charge in [-0.15, -0.1) is 0 Å². The fraction of sp³-hybridized carbons (Fsp3) is 0.444. The molecule has 2 aliphatic rings. The van der Waals surface area contributed by atoms with Crippen LogP contribution in [-0.2, 0) is 24.1 Å². The Morgan fingerprint density at radius 1 is 1.46 bits per heavy atom. The molecule has 126 valence electrons. The molecule has 0 N–H and O–H groups in total. The van der Waals surface area contributed by atoms with Gasteiger partial charge in [0.15, 0.2) is 5.69 Å². The molecule has 0 aliphatic carbocycles. The van der Waals surface area contributed by atoms with Gasteiger partial charge >= 0.3 is 5.97 Å². The van der Waals surface area contributed by atoms with Gasteiger partial charge < -0.3 is 14.0 Å². The van der Waals surface area contributed by atoms with Crippen molar-refractivity contribution >= 4 is 5.97 Å². The predicted molar refractivity (Wildman–Crippen MR) is 84.7 cm³/mol. The number of aromatic nitrogens is 2. The molecular weight excluding hydrogens is 311 g/mol. The summed E-state index contributed by atoms with van der Waals surface area (Å²) in [6.45, 7) is 2.96. The molecule has 24 heavy (non-hydrogen) atoms. The van der Waals surface area contributed by atoms with Gasteiger partial charge in [-0.05, 0) is 44.4 Å². The van der Waals surface area contributed by atoms with Crippen molar-refractivity contribution < 1.29 is 18.7 Å². The Morgan fingerprint density at radius 2 is 2.33 bits per heavy atom. The van der Waals surface area contributed by atoms with Crippen LogP contribution in [-0.4, -0.2) is 28.2 Å². The number of esters is 1. The molecule has 2 aromatic rings. The van der Waals surface area contributed by atoms with Gasteiger partial charge in [-0.25, -0.2) is 14.2 Å². The van der Waals surface area contributed by atoms with Gasteiger partial charge in [0.25, 0.3) is 0 Å². The van der Waals surface area contributed by atoms with Gasteiger partial charge in [-0.3, -0.25) is 0 Å². The smallest absolute Gasteiger partial charge is 0.358 e. The highest BCUT2D eigenvalue weighted by atomic mass is 19.1. The number of benzene rings is 1. The van der Waals surface area contributed by atoms with E-state index >= 15 is 0 Å². The third-order valence-corrected chi connectivity index (χ3v) is 4.67. The van der Waals surface area contributed by atoms with E-state index in [2.05, 4.69) is 9.55 Å². The lowest BCUT2D eigenvalue weighted by molar-refractivity contribution is 0.0339. The highest BCUT2D eigenvalue weighted by Gasteiger charge is 2.27. The molecule has 0 spiro atoms. The van der Waals surface area contributed by atoms with Crippen molar-refractivity contribution in [1.29, 1.82) is 0 Å². The maximum atomic E-state index is 13.2. The van der Waals surface area contributed by atoms with Gasteiger partial charge in [-0.2, -0.15) is 0 Å². The summed E-state index contributed by atoms with van der Waals surface area (Å²) in [5.41, 5.74) is 2.21. The first-order valence-electron chi connectivity index (χ1n) is 8.30. The third-order valence-electron chi connectivity index (χ3n) is 4.67. The SMILES string of the molecule is Cc1nc(C(=O)OCC2Cc3cc(F)ccc3O2)c2n1CCCC2. The second-order valence-corrected chi connectivity index (χ2v) is 6.36. The Labute approximate surface area is 139 Å². The molecule has 0 saturated carbocycles. The zero-order valence-electron chi connectivity index (χ0n) is 13.5. The summed E-state index contributed by atoms with van der Waals surface area (Å²) in [5, 5.41) is 0. The van der Waals surface area contributed by atoms with E-state index < -0.39 is 5.97 Å². The highest BCUT2D eigenvalue weighted by Crippen LogP contribution is 2.29. The summed E-state index contributed by atoms with van der Waals surface area (Å²) in [5.74, 6) is 0.832.